The Bertz CT molecular complexity index is 1420. The van der Waals surface area contributed by atoms with Gasteiger partial charge in [0.1, 0.15) is 5.82 Å². The van der Waals surface area contributed by atoms with Gasteiger partial charge in [0, 0.05) is 30.4 Å². The molecular formula is C27H27F3N6O2S. The van der Waals surface area contributed by atoms with Gasteiger partial charge >= 0.3 is 12.2 Å². The lowest BCUT2D eigenvalue weighted by Gasteiger charge is -2.34. The van der Waals surface area contributed by atoms with Crippen LogP contribution in [0.4, 0.5) is 28.9 Å². The Morgan fingerprint density at radius 3 is 2.56 bits per heavy atom. The van der Waals surface area contributed by atoms with Gasteiger partial charge < -0.3 is 15.1 Å². The molecule has 1 aromatic carbocycles. The molecule has 3 heterocycles. The Morgan fingerprint density at radius 1 is 1.10 bits per heavy atom. The summed E-state index contributed by atoms with van der Waals surface area (Å²) < 4.78 is 38.9. The van der Waals surface area contributed by atoms with Crippen LogP contribution >= 0.6 is 11.3 Å². The maximum Gasteiger partial charge on any atom is 0.416 e. The topological polar surface area (TPSA) is 90.5 Å². The number of alkyl halides is 3. The maximum atomic E-state index is 13.0. The first kappa shape index (κ1) is 28.1. The van der Waals surface area contributed by atoms with Crippen molar-refractivity contribution in [2.24, 2.45) is 0 Å². The first-order valence-electron chi connectivity index (χ1n) is 12.1. The van der Waals surface area contributed by atoms with E-state index in [1.165, 1.54) is 11.3 Å². The fourth-order valence-electron chi connectivity index (χ4n) is 4.01. The van der Waals surface area contributed by atoms with Crippen molar-refractivity contribution in [3.63, 3.8) is 0 Å². The van der Waals surface area contributed by atoms with Gasteiger partial charge in [-0.3, -0.25) is 10.1 Å². The molecule has 1 aliphatic rings. The highest BCUT2D eigenvalue weighted by atomic mass is 32.1. The van der Waals surface area contributed by atoms with Crippen molar-refractivity contribution >= 4 is 34.2 Å². The SMILES string of the molecule is Cc1ccc(C(=O)Nc2cc(C(F)(F)F)ccn2)cc1C#Cc1cnc(NC(=O)N(C)C2CCN(C)CC2)s1. The molecule has 1 fully saturated rings. The minimum Gasteiger partial charge on any atom is -0.324 e. The van der Waals surface area contributed by atoms with Gasteiger partial charge in [-0.15, -0.1) is 0 Å². The van der Waals surface area contributed by atoms with Crippen molar-refractivity contribution in [1.29, 1.82) is 0 Å². The maximum absolute atomic E-state index is 13.0. The Balaban J connectivity index is 1.41. The van der Waals surface area contributed by atoms with Gasteiger partial charge in [-0.05, 0) is 75.7 Å². The zero-order valence-electron chi connectivity index (χ0n) is 21.6. The first-order valence-corrected chi connectivity index (χ1v) is 13.0. The first-order chi connectivity index (χ1) is 18.5. The molecule has 3 aromatic rings. The summed E-state index contributed by atoms with van der Waals surface area (Å²) in [5.74, 6) is 5.20. The van der Waals surface area contributed by atoms with Crippen molar-refractivity contribution in [2.75, 3.05) is 37.8 Å². The molecule has 4 rings (SSSR count). The zero-order valence-corrected chi connectivity index (χ0v) is 22.4. The number of thiazole rings is 1. The molecule has 204 valence electrons. The predicted molar refractivity (Wildman–Crippen MR) is 144 cm³/mol. The summed E-state index contributed by atoms with van der Waals surface area (Å²) in [5, 5.41) is 5.65. The molecule has 1 aliphatic heterocycles. The molecular weight excluding hydrogens is 529 g/mol. The smallest absolute Gasteiger partial charge is 0.324 e. The van der Waals surface area contributed by atoms with E-state index in [4.69, 9.17) is 0 Å². The molecule has 2 aromatic heterocycles. The van der Waals surface area contributed by atoms with Crippen LogP contribution in [-0.4, -0.2) is 64.9 Å². The van der Waals surface area contributed by atoms with E-state index in [1.807, 2.05) is 6.92 Å². The summed E-state index contributed by atoms with van der Waals surface area (Å²) in [6, 6.07) is 6.39. The second-order valence-corrected chi connectivity index (χ2v) is 10.3. The van der Waals surface area contributed by atoms with E-state index in [2.05, 4.69) is 44.4 Å². The van der Waals surface area contributed by atoms with Gasteiger partial charge in [-0.1, -0.05) is 23.3 Å². The van der Waals surface area contributed by atoms with Gasteiger partial charge in [0.05, 0.1) is 16.6 Å². The number of likely N-dealkylation sites (tertiary alicyclic amines) is 1. The molecule has 0 atom stereocenters. The van der Waals surface area contributed by atoms with Crippen LogP contribution in [0.2, 0.25) is 0 Å². The molecule has 0 unspecified atom stereocenters. The van der Waals surface area contributed by atoms with Crippen molar-refractivity contribution in [3.05, 3.63) is 69.9 Å². The van der Waals surface area contributed by atoms with Crippen LogP contribution in [-0.2, 0) is 6.18 Å². The van der Waals surface area contributed by atoms with Crippen LogP contribution in [0.1, 0.15) is 44.8 Å². The van der Waals surface area contributed by atoms with Crippen molar-refractivity contribution < 1.29 is 22.8 Å². The number of hydrogen-bond acceptors (Lipinski definition) is 6. The zero-order chi connectivity index (χ0) is 28.2. The van der Waals surface area contributed by atoms with Gasteiger partial charge in [0.2, 0.25) is 0 Å². The van der Waals surface area contributed by atoms with E-state index in [-0.39, 0.29) is 23.5 Å². The van der Waals surface area contributed by atoms with Crippen LogP contribution in [0.25, 0.3) is 0 Å². The summed E-state index contributed by atoms with van der Waals surface area (Å²) in [6.07, 6.45) is -0.155. The average Bonchev–Trinajstić information content (AvgIpc) is 3.35. The molecule has 0 spiro atoms. The summed E-state index contributed by atoms with van der Waals surface area (Å²) in [5.41, 5.74) is 0.699. The predicted octanol–water partition coefficient (Wildman–Crippen LogP) is 5.08. The molecule has 0 aliphatic carbocycles. The molecule has 3 amide bonds. The summed E-state index contributed by atoms with van der Waals surface area (Å²) in [4.78, 5) is 38.0. The molecule has 0 bridgehead atoms. The van der Waals surface area contributed by atoms with E-state index < -0.39 is 17.6 Å². The quantitative estimate of drug-likeness (QED) is 0.438. The lowest BCUT2D eigenvalue weighted by molar-refractivity contribution is -0.137. The van der Waals surface area contributed by atoms with Gasteiger partial charge in [-0.25, -0.2) is 14.8 Å². The number of carbonyl (C=O) groups excluding carboxylic acids is 2. The summed E-state index contributed by atoms with van der Waals surface area (Å²) in [6.45, 7) is 3.73. The Kier molecular flexibility index (Phi) is 8.52. The number of benzene rings is 1. The highest BCUT2D eigenvalue weighted by molar-refractivity contribution is 7.16. The number of piperidine rings is 1. The van der Waals surface area contributed by atoms with Crippen LogP contribution in [0.15, 0.2) is 42.7 Å². The average molecular weight is 557 g/mol. The van der Waals surface area contributed by atoms with Crippen LogP contribution in [0, 0.1) is 18.8 Å². The van der Waals surface area contributed by atoms with Crippen LogP contribution in [0.5, 0.6) is 0 Å². The standard InChI is InChI=1S/C27H27F3N6O2S/c1-17-4-5-19(24(37)33-23-15-20(8-11-31-23)27(28,29)30)14-18(17)6-7-22-16-32-25(39-22)34-26(38)36(3)21-9-12-35(2)13-10-21/h4-5,8,11,14-16,21H,9-10,12-13H2,1-3H3,(H,31,33,37)(H,32,34,38). The number of amides is 3. The van der Waals surface area contributed by atoms with E-state index >= 15 is 0 Å². The number of aromatic nitrogens is 2. The number of urea groups is 1. The number of halogens is 3. The fourth-order valence-corrected chi connectivity index (χ4v) is 4.67. The molecule has 2 N–H and O–H groups in total. The lowest BCUT2D eigenvalue weighted by atomic mass is 10.0. The number of nitrogens with zero attached hydrogens (tertiary/aromatic N) is 4. The number of aryl methyl sites for hydroxylation is 1. The minimum absolute atomic E-state index is 0.178. The van der Waals surface area contributed by atoms with Crippen LogP contribution < -0.4 is 10.6 Å². The van der Waals surface area contributed by atoms with Gasteiger partial charge in [-0.2, -0.15) is 13.2 Å². The lowest BCUT2D eigenvalue weighted by Crippen LogP contribution is -2.46. The number of anilines is 2. The molecule has 0 saturated carbocycles. The van der Waals surface area contributed by atoms with Crippen molar-refractivity contribution in [2.45, 2.75) is 32.0 Å². The van der Waals surface area contributed by atoms with Crippen LogP contribution in [0.3, 0.4) is 0 Å². The highest BCUT2D eigenvalue weighted by Crippen LogP contribution is 2.30. The number of rotatable bonds is 4. The van der Waals surface area contributed by atoms with Gasteiger partial charge in [0.15, 0.2) is 5.13 Å². The highest BCUT2D eigenvalue weighted by Gasteiger charge is 2.31. The second kappa shape index (κ2) is 11.8. The number of hydrogen-bond donors (Lipinski definition) is 2. The van der Waals surface area contributed by atoms with Crippen molar-refractivity contribution in [3.8, 4) is 11.8 Å². The Labute approximate surface area is 228 Å². The Morgan fingerprint density at radius 2 is 1.85 bits per heavy atom. The van der Waals surface area contributed by atoms with Crippen molar-refractivity contribution in [1.82, 2.24) is 19.8 Å². The monoisotopic (exact) mass is 556 g/mol. The molecule has 1 saturated heterocycles. The third kappa shape index (κ3) is 7.34. The largest absolute Gasteiger partial charge is 0.416 e. The number of carbonyl (C=O) groups is 2. The van der Waals surface area contributed by atoms with E-state index in [1.54, 1.807) is 36.3 Å². The van der Waals surface area contributed by atoms with E-state index in [0.717, 1.165) is 49.8 Å². The third-order valence-corrected chi connectivity index (χ3v) is 7.25. The number of pyridine rings is 1. The normalized spacial score (nSPS) is 14.3. The van der Waals surface area contributed by atoms with E-state index in [9.17, 15) is 22.8 Å². The molecule has 0 radical (unpaired) electrons. The fraction of sp³-hybridized carbons (Fsp3) is 0.333. The van der Waals surface area contributed by atoms with Gasteiger partial charge in [0.25, 0.3) is 5.91 Å². The number of nitrogens with one attached hydrogen (secondary N) is 2. The minimum atomic E-state index is -4.54. The van der Waals surface area contributed by atoms with E-state index in [0.29, 0.717) is 15.6 Å². The Hall–Kier alpha value is -3.95. The second-order valence-electron chi connectivity index (χ2n) is 9.27. The third-order valence-electron chi connectivity index (χ3n) is 6.42. The molecule has 8 nitrogen and oxygen atoms in total. The molecule has 39 heavy (non-hydrogen) atoms. The summed E-state index contributed by atoms with van der Waals surface area (Å²) >= 11 is 1.24. The molecule has 12 heteroatoms. The summed E-state index contributed by atoms with van der Waals surface area (Å²) in [7, 11) is 3.85.